The van der Waals surface area contributed by atoms with Gasteiger partial charge in [-0.05, 0) is 33.8 Å². The van der Waals surface area contributed by atoms with Crippen molar-refractivity contribution >= 4 is 28.6 Å². The number of carboxylic acids is 1. The number of nitrogens with zero attached hydrogens (tertiary/aromatic N) is 3. The second-order valence-electron chi connectivity index (χ2n) is 5.87. The Kier molecular flexibility index (Phi) is 5.98. The lowest BCUT2D eigenvalue weighted by molar-refractivity contribution is -0.192. The molecule has 0 spiro atoms. The molecule has 0 fully saturated rings. The number of halogens is 3. The first-order valence-corrected chi connectivity index (χ1v) is 9.83. The Bertz CT molecular complexity index is 874. The molecular formula is C17H16F3N3O2S2. The van der Waals surface area contributed by atoms with Crippen LogP contribution in [0, 0.1) is 0 Å². The van der Waals surface area contributed by atoms with Crippen molar-refractivity contribution in [1.29, 1.82) is 0 Å². The lowest BCUT2D eigenvalue weighted by Crippen LogP contribution is -2.33. The van der Waals surface area contributed by atoms with Crippen molar-refractivity contribution in [2.45, 2.75) is 25.8 Å². The predicted molar refractivity (Wildman–Crippen MR) is 97.7 cm³/mol. The molecule has 3 aromatic rings. The number of alkyl halides is 3. The van der Waals surface area contributed by atoms with Gasteiger partial charge in [0, 0.05) is 30.6 Å². The van der Waals surface area contributed by atoms with Crippen LogP contribution in [0.1, 0.15) is 11.4 Å². The van der Waals surface area contributed by atoms with Crippen molar-refractivity contribution in [3.63, 3.8) is 0 Å². The van der Waals surface area contributed by atoms with Crippen molar-refractivity contribution in [3.05, 3.63) is 51.2 Å². The highest BCUT2D eigenvalue weighted by molar-refractivity contribution is 7.08. The van der Waals surface area contributed by atoms with Gasteiger partial charge in [0.1, 0.15) is 5.82 Å². The molecule has 1 aliphatic heterocycles. The molecule has 1 aliphatic rings. The predicted octanol–water partition coefficient (Wildman–Crippen LogP) is 4.32. The van der Waals surface area contributed by atoms with Gasteiger partial charge in [-0.3, -0.25) is 4.90 Å². The summed E-state index contributed by atoms with van der Waals surface area (Å²) < 4.78 is 34.1. The minimum atomic E-state index is -5.08. The number of fused-ring (bicyclic) bond motifs is 1. The maximum absolute atomic E-state index is 10.6. The molecule has 4 rings (SSSR count). The summed E-state index contributed by atoms with van der Waals surface area (Å²) >= 11 is 3.51. The molecule has 1 N–H and O–H groups in total. The highest BCUT2D eigenvalue weighted by Gasteiger charge is 2.38. The van der Waals surface area contributed by atoms with E-state index in [-0.39, 0.29) is 0 Å². The Balaban J connectivity index is 0.000000260. The van der Waals surface area contributed by atoms with E-state index in [1.165, 1.54) is 22.6 Å². The zero-order valence-electron chi connectivity index (χ0n) is 14.0. The van der Waals surface area contributed by atoms with E-state index >= 15 is 0 Å². The molecule has 3 aromatic heterocycles. The summed E-state index contributed by atoms with van der Waals surface area (Å²) in [7, 11) is 0. The zero-order valence-corrected chi connectivity index (χ0v) is 15.7. The summed E-state index contributed by atoms with van der Waals surface area (Å²) in [5, 5.41) is 15.8. The van der Waals surface area contributed by atoms with Gasteiger partial charge in [-0.25, -0.2) is 9.78 Å². The van der Waals surface area contributed by atoms with Crippen LogP contribution in [-0.2, 0) is 24.4 Å². The van der Waals surface area contributed by atoms with Crippen molar-refractivity contribution in [3.8, 4) is 11.3 Å². The van der Waals surface area contributed by atoms with E-state index in [1.54, 1.807) is 22.7 Å². The average Bonchev–Trinajstić information content (AvgIpc) is 3.35. The van der Waals surface area contributed by atoms with Crippen LogP contribution in [0.5, 0.6) is 0 Å². The molecule has 0 aromatic carbocycles. The average molecular weight is 415 g/mol. The molecular weight excluding hydrogens is 399 g/mol. The highest BCUT2D eigenvalue weighted by atomic mass is 32.1. The molecule has 0 amide bonds. The minimum Gasteiger partial charge on any atom is -0.475 e. The molecule has 0 bridgehead atoms. The number of rotatable bonds is 3. The smallest absolute Gasteiger partial charge is 0.475 e. The third kappa shape index (κ3) is 4.96. The van der Waals surface area contributed by atoms with E-state index in [2.05, 4.69) is 48.1 Å². The first kappa shape index (κ1) is 19.6. The lowest BCUT2D eigenvalue weighted by Gasteiger charge is -2.28. The van der Waals surface area contributed by atoms with Crippen LogP contribution in [0.3, 0.4) is 0 Å². The van der Waals surface area contributed by atoms with E-state index in [4.69, 9.17) is 9.90 Å². The number of imidazole rings is 1. The monoisotopic (exact) mass is 415 g/mol. The van der Waals surface area contributed by atoms with Gasteiger partial charge in [0.25, 0.3) is 0 Å². The van der Waals surface area contributed by atoms with Crippen LogP contribution in [-0.4, -0.2) is 38.2 Å². The lowest BCUT2D eigenvalue weighted by atomic mass is 10.2. The molecule has 0 saturated carbocycles. The number of hydrogen-bond acceptors (Lipinski definition) is 5. The molecule has 27 heavy (non-hydrogen) atoms. The number of aromatic nitrogens is 2. The molecule has 5 nitrogen and oxygen atoms in total. The van der Waals surface area contributed by atoms with E-state index in [1.807, 2.05) is 6.20 Å². The summed E-state index contributed by atoms with van der Waals surface area (Å²) in [5.41, 5.74) is 3.96. The summed E-state index contributed by atoms with van der Waals surface area (Å²) in [6.07, 6.45) is -3.06. The Morgan fingerprint density at radius 2 is 1.89 bits per heavy atom. The fraction of sp³-hybridized carbons (Fsp3) is 0.294. The molecule has 144 valence electrons. The topological polar surface area (TPSA) is 58.4 Å². The maximum atomic E-state index is 10.6. The van der Waals surface area contributed by atoms with Crippen molar-refractivity contribution in [2.75, 3.05) is 6.54 Å². The summed E-state index contributed by atoms with van der Waals surface area (Å²) in [4.78, 5) is 16.0. The van der Waals surface area contributed by atoms with Crippen LogP contribution in [0.4, 0.5) is 13.2 Å². The summed E-state index contributed by atoms with van der Waals surface area (Å²) in [5.74, 6) is -1.57. The van der Waals surface area contributed by atoms with Gasteiger partial charge < -0.3 is 9.67 Å². The quantitative estimate of drug-likeness (QED) is 0.692. The Hall–Kier alpha value is -2.17. The molecule has 10 heteroatoms. The fourth-order valence-electron chi connectivity index (χ4n) is 2.73. The SMILES string of the molecule is O=C(O)C(F)(F)F.c1cc(CN2CCn3c(-c4ccsc4)cnc3C2)cs1. The third-order valence-corrected chi connectivity index (χ3v) is 5.40. The van der Waals surface area contributed by atoms with Crippen LogP contribution in [0.15, 0.2) is 39.8 Å². The molecule has 0 aliphatic carbocycles. The van der Waals surface area contributed by atoms with Gasteiger partial charge in [-0.15, -0.1) is 0 Å². The standard InChI is InChI=1S/C15H15N3S2.C2HF3O2/c1-5-19-10-12(1)8-17-3-4-18-14(7-16-15(18)9-17)13-2-6-20-11-13;3-2(4,5)1(6)7/h1-2,5-7,10-11H,3-4,8-9H2;(H,6,7). The second-order valence-corrected chi connectivity index (χ2v) is 7.43. The molecule has 4 heterocycles. The largest absolute Gasteiger partial charge is 0.490 e. The highest BCUT2D eigenvalue weighted by Crippen LogP contribution is 2.26. The van der Waals surface area contributed by atoms with Gasteiger partial charge >= 0.3 is 12.1 Å². The fourth-order valence-corrected chi connectivity index (χ4v) is 4.04. The Morgan fingerprint density at radius 3 is 2.48 bits per heavy atom. The number of carbonyl (C=O) groups is 1. The molecule has 0 radical (unpaired) electrons. The van der Waals surface area contributed by atoms with Crippen molar-refractivity contribution in [1.82, 2.24) is 14.5 Å². The van der Waals surface area contributed by atoms with Crippen LogP contribution in [0.25, 0.3) is 11.3 Å². The number of thiophene rings is 2. The molecule has 0 unspecified atom stereocenters. The Morgan fingerprint density at radius 1 is 1.19 bits per heavy atom. The van der Waals surface area contributed by atoms with Gasteiger partial charge in [0.15, 0.2) is 0 Å². The number of aliphatic carboxylic acids is 1. The molecule has 0 saturated heterocycles. The van der Waals surface area contributed by atoms with Gasteiger partial charge in [0.05, 0.1) is 18.4 Å². The van der Waals surface area contributed by atoms with Gasteiger partial charge in [-0.1, -0.05) is 0 Å². The first-order valence-electron chi connectivity index (χ1n) is 7.95. The normalized spacial score (nSPS) is 14.3. The van der Waals surface area contributed by atoms with E-state index in [0.29, 0.717) is 0 Å². The van der Waals surface area contributed by atoms with Crippen LogP contribution >= 0.6 is 22.7 Å². The van der Waals surface area contributed by atoms with E-state index in [0.717, 1.165) is 26.2 Å². The summed E-state index contributed by atoms with van der Waals surface area (Å²) in [6, 6.07) is 4.38. The summed E-state index contributed by atoms with van der Waals surface area (Å²) in [6.45, 7) is 4.10. The zero-order chi connectivity index (χ0) is 19.4. The number of carboxylic acid groups (broad SMARTS) is 1. The van der Waals surface area contributed by atoms with E-state index < -0.39 is 12.1 Å². The van der Waals surface area contributed by atoms with E-state index in [9.17, 15) is 13.2 Å². The third-order valence-electron chi connectivity index (χ3n) is 3.99. The van der Waals surface area contributed by atoms with Crippen molar-refractivity contribution < 1.29 is 23.1 Å². The van der Waals surface area contributed by atoms with Crippen LogP contribution in [0.2, 0.25) is 0 Å². The van der Waals surface area contributed by atoms with Crippen LogP contribution < -0.4 is 0 Å². The van der Waals surface area contributed by atoms with Crippen molar-refractivity contribution in [2.24, 2.45) is 0 Å². The number of hydrogen-bond donors (Lipinski definition) is 1. The Labute approximate surface area is 161 Å². The minimum absolute atomic E-state index is 0.944. The second kappa shape index (κ2) is 8.24. The first-order chi connectivity index (χ1) is 12.8. The molecule has 0 atom stereocenters. The van der Waals surface area contributed by atoms with Gasteiger partial charge in [-0.2, -0.15) is 35.8 Å². The van der Waals surface area contributed by atoms with Gasteiger partial charge in [0.2, 0.25) is 0 Å². The maximum Gasteiger partial charge on any atom is 0.490 e.